The third kappa shape index (κ3) is 1.88. The molecule has 3 rings (SSSR count). The highest BCUT2D eigenvalue weighted by atomic mass is 15.1. The second kappa shape index (κ2) is 4.21. The molecule has 1 aromatic rings. The largest absolute Gasteiger partial charge is 0.334 e. The first-order valence-electron chi connectivity index (χ1n) is 6.62. The SMILES string of the molecule is C[C@@H]1CCc2nc([C@@H]3CCCCN3)cn2C1. The number of fused-ring (bicyclic) bond motifs is 1. The molecule has 1 N–H and O–H groups in total. The number of aromatic nitrogens is 2. The lowest BCUT2D eigenvalue weighted by molar-refractivity contribution is 0.394. The fourth-order valence-electron chi connectivity index (χ4n) is 2.91. The van der Waals surface area contributed by atoms with Crippen molar-refractivity contribution >= 4 is 0 Å². The lowest BCUT2D eigenvalue weighted by atomic mass is 10.0. The molecule has 3 nitrogen and oxygen atoms in total. The molecular formula is C13H21N3. The summed E-state index contributed by atoms with van der Waals surface area (Å²) in [5.74, 6) is 2.12. The fraction of sp³-hybridized carbons (Fsp3) is 0.769. The fourth-order valence-corrected chi connectivity index (χ4v) is 2.91. The Bertz CT molecular complexity index is 363. The van der Waals surface area contributed by atoms with E-state index in [9.17, 15) is 0 Å². The molecule has 0 aromatic carbocycles. The molecule has 3 heteroatoms. The van der Waals surface area contributed by atoms with E-state index in [4.69, 9.17) is 4.98 Å². The summed E-state index contributed by atoms with van der Waals surface area (Å²) in [6, 6.07) is 0.516. The summed E-state index contributed by atoms with van der Waals surface area (Å²) >= 11 is 0. The van der Waals surface area contributed by atoms with E-state index in [0.29, 0.717) is 6.04 Å². The smallest absolute Gasteiger partial charge is 0.109 e. The van der Waals surface area contributed by atoms with Gasteiger partial charge in [0.1, 0.15) is 5.82 Å². The van der Waals surface area contributed by atoms with Gasteiger partial charge < -0.3 is 9.88 Å². The van der Waals surface area contributed by atoms with Crippen molar-refractivity contribution in [2.75, 3.05) is 6.54 Å². The Labute approximate surface area is 97.3 Å². The van der Waals surface area contributed by atoms with Gasteiger partial charge in [0.15, 0.2) is 0 Å². The van der Waals surface area contributed by atoms with Gasteiger partial charge in [-0.1, -0.05) is 13.3 Å². The average Bonchev–Trinajstić information content (AvgIpc) is 2.73. The van der Waals surface area contributed by atoms with Crippen molar-refractivity contribution in [2.24, 2.45) is 5.92 Å². The van der Waals surface area contributed by atoms with Crippen LogP contribution in [0.25, 0.3) is 0 Å². The standard InChI is InChI=1S/C13H21N3/c1-10-5-6-13-15-12(9-16(13)8-10)11-4-2-3-7-14-11/h9-11,14H,2-8H2,1H3/t10-,11+/m1/s1. The van der Waals surface area contributed by atoms with Gasteiger partial charge in [-0.15, -0.1) is 0 Å². The van der Waals surface area contributed by atoms with Crippen molar-refractivity contribution < 1.29 is 0 Å². The van der Waals surface area contributed by atoms with Gasteiger partial charge in [0.05, 0.1) is 11.7 Å². The zero-order valence-corrected chi connectivity index (χ0v) is 10.1. The second-order valence-electron chi connectivity index (χ2n) is 5.38. The summed E-state index contributed by atoms with van der Waals surface area (Å²) in [6.07, 6.45) is 8.67. The molecule has 88 valence electrons. The molecule has 0 aliphatic carbocycles. The summed E-state index contributed by atoms with van der Waals surface area (Å²) in [5.41, 5.74) is 1.28. The van der Waals surface area contributed by atoms with Crippen LogP contribution in [0.5, 0.6) is 0 Å². The predicted octanol–water partition coefficient (Wildman–Crippen LogP) is 2.28. The minimum atomic E-state index is 0.516. The molecule has 3 heterocycles. The van der Waals surface area contributed by atoms with Gasteiger partial charge in [0.25, 0.3) is 0 Å². The predicted molar refractivity (Wildman–Crippen MR) is 64.3 cm³/mol. The average molecular weight is 219 g/mol. The van der Waals surface area contributed by atoms with Crippen LogP contribution < -0.4 is 5.32 Å². The van der Waals surface area contributed by atoms with Crippen LogP contribution in [-0.2, 0) is 13.0 Å². The van der Waals surface area contributed by atoms with Crippen LogP contribution >= 0.6 is 0 Å². The van der Waals surface area contributed by atoms with Crippen molar-refractivity contribution in [3.8, 4) is 0 Å². The van der Waals surface area contributed by atoms with Gasteiger partial charge in [-0.2, -0.15) is 0 Å². The van der Waals surface area contributed by atoms with Crippen molar-refractivity contribution in [1.29, 1.82) is 0 Å². The van der Waals surface area contributed by atoms with Crippen LogP contribution in [0.15, 0.2) is 6.20 Å². The quantitative estimate of drug-likeness (QED) is 0.785. The third-order valence-electron chi connectivity index (χ3n) is 3.91. The van der Waals surface area contributed by atoms with Crippen molar-refractivity contribution in [2.45, 2.75) is 51.6 Å². The highest BCUT2D eigenvalue weighted by Gasteiger charge is 2.22. The highest BCUT2D eigenvalue weighted by Crippen LogP contribution is 2.25. The summed E-state index contributed by atoms with van der Waals surface area (Å²) in [4.78, 5) is 4.81. The van der Waals surface area contributed by atoms with Crippen LogP contribution in [0.2, 0.25) is 0 Å². The Morgan fingerprint density at radius 3 is 3.12 bits per heavy atom. The minimum Gasteiger partial charge on any atom is -0.334 e. The van der Waals surface area contributed by atoms with Gasteiger partial charge in [0, 0.05) is 19.2 Å². The van der Waals surface area contributed by atoms with E-state index in [-0.39, 0.29) is 0 Å². The zero-order chi connectivity index (χ0) is 11.0. The first-order valence-corrected chi connectivity index (χ1v) is 6.62. The van der Waals surface area contributed by atoms with E-state index in [2.05, 4.69) is 23.0 Å². The molecule has 1 saturated heterocycles. The number of hydrogen-bond acceptors (Lipinski definition) is 2. The van der Waals surface area contributed by atoms with Crippen molar-refractivity contribution in [1.82, 2.24) is 14.9 Å². The first kappa shape index (κ1) is 10.3. The van der Waals surface area contributed by atoms with Crippen LogP contribution in [-0.4, -0.2) is 16.1 Å². The van der Waals surface area contributed by atoms with E-state index in [1.165, 1.54) is 37.2 Å². The summed E-state index contributed by atoms with van der Waals surface area (Å²) in [7, 11) is 0. The molecule has 0 spiro atoms. The Kier molecular flexibility index (Phi) is 2.72. The monoisotopic (exact) mass is 219 g/mol. The Balaban J connectivity index is 1.80. The molecule has 1 aromatic heterocycles. The number of nitrogens with zero attached hydrogens (tertiary/aromatic N) is 2. The maximum atomic E-state index is 4.81. The van der Waals surface area contributed by atoms with Gasteiger partial charge in [-0.05, 0) is 31.7 Å². The van der Waals surface area contributed by atoms with Gasteiger partial charge in [-0.3, -0.25) is 0 Å². The van der Waals surface area contributed by atoms with E-state index >= 15 is 0 Å². The highest BCUT2D eigenvalue weighted by molar-refractivity contribution is 5.11. The molecule has 2 aliphatic rings. The normalized spacial score (nSPS) is 30.1. The van der Waals surface area contributed by atoms with E-state index in [0.717, 1.165) is 25.4 Å². The Morgan fingerprint density at radius 2 is 2.31 bits per heavy atom. The molecule has 2 atom stereocenters. The summed E-state index contributed by atoms with van der Waals surface area (Å²) in [5, 5.41) is 3.58. The summed E-state index contributed by atoms with van der Waals surface area (Å²) in [6.45, 7) is 4.65. The van der Waals surface area contributed by atoms with E-state index in [1.807, 2.05) is 0 Å². The molecule has 0 radical (unpaired) electrons. The van der Waals surface area contributed by atoms with Gasteiger partial charge in [-0.25, -0.2) is 4.98 Å². The zero-order valence-electron chi connectivity index (χ0n) is 10.1. The van der Waals surface area contributed by atoms with Crippen LogP contribution in [0, 0.1) is 5.92 Å². The first-order chi connectivity index (χ1) is 7.83. The number of aryl methyl sites for hydroxylation is 1. The third-order valence-corrected chi connectivity index (χ3v) is 3.91. The van der Waals surface area contributed by atoms with Gasteiger partial charge in [0.2, 0.25) is 0 Å². The number of hydrogen-bond donors (Lipinski definition) is 1. The maximum Gasteiger partial charge on any atom is 0.109 e. The minimum absolute atomic E-state index is 0.516. The lowest BCUT2D eigenvalue weighted by Crippen LogP contribution is -2.27. The van der Waals surface area contributed by atoms with Crippen LogP contribution in [0.3, 0.4) is 0 Å². The molecule has 0 amide bonds. The topological polar surface area (TPSA) is 29.9 Å². The molecular weight excluding hydrogens is 198 g/mol. The van der Waals surface area contributed by atoms with Crippen molar-refractivity contribution in [3.05, 3.63) is 17.7 Å². The molecule has 1 fully saturated rings. The molecule has 0 saturated carbocycles. The molecule has 0 bridgehead atoms. The molecule has 0 unspecified atom stereocenters. The number of rotatable bonds is 1. The van der Waals surface area contributed by atoms with E-state index in [1.54, 1.807) is 0 Å². The molecule has 16 heavy (non-hydrogen) atoms. The number of piperidine rings is 1. The van der Waals surface area contributed by atoms with Crippen LogP contribution in [0.4, 0.5) is 0 Å². The van der Waals surface area contributed by atoms with Crippen molar-refractivity contribution in [3.63, 3.8) is 0 Å². The second-order valence-corrected chi connectivity index (χ2v) is 5.38. The Hall–Kier alpha value is -0.830. The van der Waals surface area contributed by atoms with E-state index < -0.39 is 0 Å². The van der Waals surface area contributed by atoms with Crippen LogP contribution in [0.1, 0.15) is 50.2 Å². The number of nitrogens with one attached hydrogen (secondary N) is 1. The Morgan fingerprint density at radius 1 is 1.38 bits per heavy atom. The molecule has 2 aliphatic heterocycles. The summed E-state index contributed by atoms with van der Waals surface area (Å²) < 4.78 is 2.37. The maximum absolute atomic E-state index is 4.81. The lowest BCUT2D eigenvalue weighted by Gasteiger charge is -2.21. The van der Waals surface area contributed by atoms with Gasteiger partial charge >= 0.3 is 0 Å². The number of imidazole rings is 1.